The molecule has 7 nitrogen and oxygen atoms in total. The molecule has 0 aliphatic heterocycles. The van der Waals surface area contributed by atoms with Gasteiger partial charge in [-0.2, -0.15) is 0 Å². The molecule has 0 bridgehead atoms. The molecule has 0 aliphatic rings. The van der Waals surface area contributed by atoms with E-state index in [0.717, 1.165) is 16.3 Å². The first-order chi connectivity index (χ1) is 10.9. The molecule has 2 rings (SSSR count). The van der Waals surface area contributed by atoms with Gasteiger partial charge in [0.25, 0.3) is 0 Å². The zero-order valence-corrected chi connectivity index (χ0v) is 13.6. The van der Waals surface area contributed by atoms with Gasteiger partial charge in [-0.3, -0.25) is 14.6 Å². The minimum Gasteiger partial charge on any atom is -0.481 e. The standard InChI is InChI=1S/C15H18N4O3S/c1-8(2)11-4-3-9(6-17-11)15-19-12(7-23-15)18-14(22)10(16)5-13(20)21/h3-4,6-8,10H,5,16H2,1-2H3,(H,18,22)(H,20,21). The van der Waals surface area contributed by atoms with Crippen molar-refractivity contribution in [3.8, 4) is 10.6 Å². The molecule has 1 atom stereocenters. The highest BCUT2D eigenvalue weighted by molar-refractivity contribution is 7.13. The minimum atomic E-state index is -1.12. The summed E-state index contributed by atoms with van der Waals surface area (Å²) in [4.78, 5) is 31.0. The van der Waals surface area contributed by atoms with Crippen molar-refractivity contribution in [2.45, 2.75) is 32.2 Å². The average molecular weight is 334 g/mol. The Morgan fingerprint density at radius 1 is 1.39 bits per heavy atom. The van der Waals surface area contributed by atoms with E-state index in [9.17, 15) is 9.59 Å². The summed E-state index contributed by atoms with van der Waals surface area (Å²) >= 11 is 1.36. The maximum Gasteiger partial charge on any atom is 0.305 e. The van der Waals surface area contributed by atoms with Crippen LogP contribution in [0.4, 0.5) is 5.82 Å². The van der Waals surface area contributed by atoms with Crippen molar-refractivity contribution >= 4 is 29.0 Å². The van der Waals surface area contributed by atoms with Crippen LogP contribution in [-0.2, 0) is 9.59 Å². The quantitative estimate of drug-likeness (QED) is 0.744. The Kier molecular flexibility index (Phi) is 5.41. The van der Waals surface area contributed by atoms with E-state index in [1.165, 1.54) is 11.3 Å². The van der Waals surface area contributed by atoms with Crippen LogP contribution in [0, 0.1) is 0 Å². The van der Waals surface area contributed by atoms with E-state index in [1.54, 1.807) is 11.6 Å². The summed E-state index contributed by atoms with van der Waals surface area (Å²) in [5.74, 6) is -0.991. The Labute approximate surface area is 137 Å². The SMILES string of the molecule is CC(C)c1ccc(-c2nc(NC(=O)C(N)CC(=O)O)cs2)cn1. The molecule has 4 N–H and O–H groups in total. The zero-order chi connectivity index (χ0) is 17.0. The molecule has 1 unspecified atom stereocenters. The number of hydrogen-bond donors (Lipinski definition) is 3. The predicted octanol–water partition coefficient (Wildman–Crippen LogP) is 2.07. The second-order valence-corrected chi connectivity index (χ2v) is 6.22. The molecule has 0 saturated heterocycles. The number of hydrogen-bond acceptors (Lipinski definition) is 6. The van der Waals surface area contributed by atoms with Gasteiger partial charge < -0.3 is 16.2 Å². The predicted molar refractivity (Wildman–Crippen MR) is 88.3 cm³/mol. The molecule has 2 aromatic rings. The molecule has 122 valence electrons. The summed E-state index contributed by atoms with van der Waals surface area (Å²) in [6.07, 6.45) is 1.32. The highest BCUT2D eigenvalue weighted by Crippen LogP contribution is 2.26. The van der Waals surface area contributed by atoms with E-state index in [1.807, 2.05) is 12.1 Å². The van der Waals surface area contributed by atoms with Crippen molar-refractivity contribution in [2.24, 2.45) is 5.73 Å². The number of aliphatic carboxylic acids is 1. The number of nitrogens with one attached hydrogen (secondary N) is 1. The van der Waals surface area contributed by atoms with Gasteiger partial charge in [0, 0.05) is 22.8 Å². The van der Waals surface area contributed by atoms with Gasteiger partial charge >= 0.3 is 5.97 Å². The third kappa shape index (κ3) is 4.57. The molecule has 0 saturated carbocycles. The fourth-order valence-electron chi connectivity index (χ4n) is 1.84. The van der Waals surface area contributed by atoms with Gasteiger partial charge in [-0.1, -0.05) is 13.8 Å². The van der Waals surface area contributed by atoms with Crippen molar-refractivity contribution in [1.29, 1.82) is 0 Å². The number of carboxylic acid groups (broad SMARTS) is 1. The third-order valence-electron chi connectivity index (χ3n) is 3.11. The lowest BCUT2D eigenvalue weighted by atomic mass is 10.1. The average Bonchev–Trinajstić information content (AvgIpc) is 2.95. The van der Waals surface area contributed by atoms with Crippen LogP contribution in [0.3, 0.4) is 0 Å². The molecule has 0 radical (unpaired) electrons. The van der Waals surface area contributed by atoms with Crippen molar-refractivity contribution < 1.29 is 14.7 Å². The van der Waals surface area contributed by atoms with Gasteiger partial charge in [0.05, 0.1) is 12.5 Å². The summed E-state index contributed by atoms with van der Waals surface area (Å²) in [7, 11) is 0. The number of nitrogens with two attached hydrogens (primary N) is 1. The lowest BCUT2D eigenvalue weighted by molar-refractivity contribution is -0.138. The van der Waals surface area contributed by atoms with Crippen molar-refractivity contribution in [3.05, 3.63) is 29.4 Å². The molecule has 0 aliphatic carbocycles. The smallest absolute Gasteiger partial charge is 0.305 e. The molecular weight excluding hydrogens is 316 g/mol. The van der Waals surface area contributed by atoms with Crippen molar-refractivity contribution in [3.63, 3.8) is 0 Å². The first kappa shape index (κ1) is 17.0. The lowest BCUT2D eigenvalue weighted by Crippen LogP contribution is -2.37. The number of nitrogens with zero attached hydrogens (tertiary/aromatic N) is 2. The number of pyridine rings is 1. The summed E-state index contributed by atoms with van der Waals surface area (Å²) in [5.41, 5.74) is 7.36. The minimum absolute atomic E-state index is 0.351. The fourth-order valence-corrected chi connectivity index (χ4v) is 2.58. The molecule has 2 heterocycles. The Bertz CT molecular complexity index is 697. The number of aromatic nitrogens is 2. The normalized spacial score (nSPS) is 12.2. The maximum atomic E-state index is 11.8. The highest BCUT2D eigenvalue weighted by Gasteiger charge is 2.18. The van der Waals surface area contributed by atoms with Gasteiger partial charge in [0.15, 0.2) is 0 Å². The molecule has 2 aromatic heterocycles. The van der Waals surface area contributed by atoms with Crippen LogP contribution in [0.25, 0.3) is 10.6 Å². The van der Waals surface area contributed by atoms with Gasteiger partial charge in [0.1, 0.15) is 10.8 Å². The van der Waals surface area contributed by atoms with E-state index in [-0.39, 0.29) is 0 Å². The Hall–Kier alpha value is -2.32. The molecule has 0 spiro atoms. The first-order valence-electron chi connectivity index (χ1n) is 7.07. The fraction of sp³-hybridized carbons (Fsp3) is 0.333. The monoisotopic (exact) mass is 334 g/mol. The molecule has 1 amide bonds. The topological polar surface area (TPSA) is 118 Å². The Morgan fingerprint density at radius 2 is 2.13 bits per heavy atom. The van der Waals surface area contributed by atoms with Crippen LogP contribution in [0.15, 0.2) is 23.7 Å². The molecule has 23 heavy (non-hydrogen) atoms. The van der Waals surface area contributed by atoms with Gasteiger partial charge in [-0.15, -0.1) is 11.3 Å². The van der Waals surface area contributed by atoms with Crippen LogP contribution in [0.2, 0.25) is 0 Å². The largest absolute Gasteiger partial charge is 0.481 e. The van der Waals surface area contributed by atoms with Crippen LogP contribution >= 0.6 is 11.3 Å². The van der Waals surface area contributed by atoms with E-state index in [0.29, 0.717) is 11.7 Å². The number of anilines is 1. The number of rotatable bonds is 6. The van der Waals surface area contributed by atoms with E-state index in [2.05, 4.69) is 29.1 Å². The van der Waals surface area contributed by atoms with E-state index in [4.69, 9.17) is 10.8 Å². The second-order valence-electron chi connectivity index (χ2n) is 5.36. The van der Waals surface area contributed by atoms with Crippen LogP contribution in [0.5, 0.6) is 0 Å². The maximum absolute atomic E-state index is 11.8. The first-order valence-corrected chi connectivity index (χ1v) is 7.95. The Balaban J connectivity index is 2.05. The lowest BCUT2D eigenvalue weighted by Gasteiger charge is -2.07. The Morgan fingerprint density at radius 3 is 2.70 bits per heavy atom. The number of amides is 1. The summed E-state index contributed by atoms with van der Waals surface area (Å²) < 4.78 is 0. The third-order valence-corrected chi connectivity index (χ3v) is 4.00. The molecule has 8 heteroatoms. The number of thiazole rings is 1. The number of carbonyl (C=O) groups excluding carboxylic acids is 1. The van der Waals surface area contributed by atoms with Gasteiger partial charge in [-0.25, -0.2) is 4.98 Å². The van der Waals surface area contributed by atoms with Crippen LogP contribution in [0.1, 0.15) is 31.9 Å². The second kappa shape index (κ2) is 7.30. The van der Waals surface area contributed by atoms with E-state index < -0.39 is 24.3 Å². The highest BCUT2D eigenvalue weighted by atomic mass is 32.1. The van der Waals surface area contributed by atoms with Gasteiger partial charge in [-0.05, 0) is 18.1 Å². The van der Waals surface area contributed by atoms with Crippen LogP contribution < -0.4 is 11.1 Å². The molecule has 0 fully saturated rings. The molecular formula is C15H18N4O3S. The number of carboxylic acids is 1. The molecule has 0 aromatic carbocycles. The zero-order valence-electron chi connectivity index (χ0n) is 12.8. The van der Waals surface area contributed by atoms with E-state index >= 15 is 0 Å². The van der Waals surface area contributed by atoms with Gasteiger partial charge in [0.2, 0.25) is 5.91 Å². The summed E-state index contributed by atoms with van der Waals surface area (Å²) in [6.45, 7) is 4.14. The summed E-state index contributed by atoms with van der Waals surface area (Å²) in [5, 5.41) is 13.5. The van der Waals surface area contributed by atoms with Crippen LogP contribution in [-0.4, -0.2) is 33.0 Å². The number of carbonyl (C=O) groups is 2. The van der Waals surface area contributed by atoms with Crippen molar-refractivity contribution in [2.75, 3.05) is 5.32 Å². The van der Waals surface area contributed by atoms with Crippen molar-refractivity contribution in [1.82, 2.24) is 9.97 Å². The summed E-state index contributed by atoms with van der Waals surface area (Å²) in [6, 6.07) is 2.77.